The van der Waals surface area contributed by atoms with Gasteiger partial charge in [-0.15, -0.1) is 0 Å². The van der Waals surface area contributed by atoms with Crippen molar-refractivity contribution >= 4 is 23.6 Å². The van der Waals surface area contributed by atoms with Crippen molar-refractivity contribution in [2.75, 3.05) is 20.3 Å². The van der Waals surface area contributed by atoms with Crippen LogP contribution in [0.5, 0.6) is 5.75 Å². The molecule has 0 unspecified atom stereocenters. The molecule has 2 amide bonds. The first-order chi connectivity index (χ1) is 13.5. The van der Waals surface area contributed by atoms with Gasteiger partial charge in [-0.05, 0) is 43.2 Å². The number of carbonyl (C=O) groups is 4. The quantitative estimate of drug-likeness (QED) is 0.404. The Morgan fingerprint density at radius 1 is 1.11 bits per heavy atom. The summed E-state index contributed by atoms with van der Waals surface area (Å²) < 4.78 is 10.1. The molecule has 3 fully saturated rings. The van der Waals surface area contributed by atoms with Crippen LogP contribution in [0.25, 0.3) is 0 Å². The summed E-state index contributed by atoms with van der Waals surface area (Å²) in [6.07, 6.45) is 2.92. The first-order valence-corrected chi connectivity index (χ1v) is 9.67. The zero-order chi connectivity index (χ0) is 19.8. The SMILES string of the molecule is COc1cccc(C(=O)COC(=O)CCN2C(=O)[C@@H]3[C@@H]4CC[C@@H](C4)[C@@H]3C2=O)c1. The number of hydrogen-bond donors (Lipinski definition) is 0. The van der Waals surface area contributed by atoms with Crippen LogP contribution >= 0.6 is 0 Å². The zero-order valence-corrected chi connectivity index (χ0v) is 15.8. The van der Waals surface area contributed by atoms with Crippen molar-refractivity contribution in [1.82, 2.24) is 4.90 Å². The normalized spacial score (nSPS) is 27.8. The van der Waals surface area contributed by atoms with E-state index in [-0.39, 0.29) is 49.0 Å². The van der Waals surface area contributed by atoms with E-state index in [1.165, 1.54) is 12.0 Å². The Hall–Kier alpha value is -2.70. The molecule has 1 aliphatic heterocycles. The number of esters is 1. The number of carbonyl (C=O) groups excluding carboxylic acids is 4. The van der Waals surface area contributed by atoms with Gasteiger partial charge in [0.2, 0.25) is 11.8 Å². The van der Waals surface area contributed by atoms with E-state index in [1.54, 1.807) is 24.3 Å². The molecule has 28 heavy (non-hydrogen) atoms. The van der Waals surface area contributed by atoms with Crippen LogP contribution in [0, 0.1) is 23.7 Å². The topological polar surface area (TPSA) is 90.0 Å². The van der Waals surface area contributed by atoms with E-state index in [4.69, 9.17) is 9.47 Å². The number of benzene rings is 1. The van der Waals surface area contributed by atoms with Crippen molar-refractivity contribution in [2.24, 2.45) is 23.7 Å². The molecule has 7 heteroatoms. The van der Waals surface area contributed by atoms with E-state index in [9.17, 15) is 19.2 Å². The maximum Gasteiger partial charge on any atom is 0.308 e. The first kappa shape index (κ1) is 18.7. The van der Waals surface area contributed by atoms with Gasteiger partial charge < -0.3 is 9.47 Å². The van der Waals surface area contributed by atoms with Crippen molar-refractivity contribution < 1.29 is 28.7 Å². The number of fused-ring (bicyclic) bond motifs is 5. The van der Waals surface area contributed by atoms with Crippen LogP contribution in [0.4, 0.5) is 0 Å². The molecule has 148 valence electrons. The Morgan fingerprint density at radius 2 is 1.79 bits per heavy atom. The summed E-state index contributed by atoms with van der Waals surface area (Å²) in [5, 5.41) is 0. The number of amides is 2. The molecule has 3 aliphatic rings. The fourth-order valence-corrected chi connectivity index (χ4v) is 4.99. The fraction of sp³-hybridized carbons (Fsp3) is 0.524. The highest BCUT2D eigenvalue weighted by Crippen LogP contribution is 2.56. The Bertz CT molecular complexity index is 806. The smallest absolute Gasteiger partial charge is 0.308 e. The lowest BCUT2D eigenvalue weighted by Crippen LogP contribution is -2.35. The minimum absolute atomic E-state index is 0.0241. The summed E-state index contributed by atoms with van der Waals surface area (Å²) >= 11 is 0. The third kappa shape index (κ3) is 3.19. The summed E-state index contributed by atoms with van der Waals surface area (Å²) in [6, 6.07) is 6.59. The van der Waals surface area contributed by atoms with Gasteiger partial charge in [0.05, 0.1) is 25.4 Å². The standard InChI is InChI=1S/C21H23NO6/c1-27-15-4-2-3-12(10-15)16(23)11-28-17(24)7-8-22-20(25)18-13-5-6-14(9-13)19(18)21(22)26/h2-4,10,13-14,18-19H,5-9,11H2,1H3/t13-,14+,18-,19+. The van der Waals surface area contributed by atoms with Gasteiger partial charge in [-0.2, -0.15) is 0 Å². The molecule has 1 aromatic rings. The number of nitrogens with zero attached hydrogens (tertiary/aromatic N) is 1. The monoisotopic (exact) mass is 385 g/mol. The van der Waals surface area contributed by atoms with Crippen LogP contribution in [-0.2, 0) is 19.1 Å². The van der Waals surface area contributed by atoms with Crippen molar-refractivity contribution in [1.29, 1.82) is 0 Å². The van der Waals surface area contributed by atoms with Crippen LogP contribution in [-0.4, -0.2) is 48.7 Å². The molecule has 0 radical (unpaired) electrons. The molecule has 1 heterocycles. The maximum atomic E-state index is 12.6. The summed E-state index contributed by atoms with van der Waals surface area (Å²) in [5.41, 5.74) is 0.389. The van der Waals surface area contributed by atoms with Crippen LogP contribution in [0.1, 0.15) is 36.0 Å². The van der Waals surface area contributed by atoms with E-state index in [1.807, 2.05) is 0 Å². The highest BCUT2D eigenvalue weighted by atomic mass is 16.5. The van der Waals surface area contributed by atoms with Gasteiger partial charge in [0, 0.05) is 12.1 Å². The average molecular weight is 385 g/mol. The number of ether oxygens (including phenoxy) is 2. The van der Waals surface area contributed by atoms with Crippen molar-refractivity contribution in [3.63, 3.8) is 0 Å². The van der Waals surface area contributed by atoms with E-state index >= 15 is 0 Å². The molecule has 0 N–H and O–H groups in total. The molecular formula is C21H23NO6. The Labute approximate surface area is 163 Å². The van der Waals surface area contributed by atoms with Gasteiger partial charge in [-0.3, -0.25) is 24.1 Å². The van der Waals surface area contributed by atoms with Crippen molar-refractivity contribution in [3.05, 3.63) is 29.8 Å². The molecule has 2 saturated carbocycles. The number of ketones is 1. The predicted molar refractivity (Wildman–Crippen MR) is 97.4 cm³/mol. The summed E-state index contributed by atoms with van der Waals surface area (Å²) in [6.45, 7) is -0.362. The Balaban J connectivity index is 1.27. The van der Waals surface area contributed by atoms with Crippen LogP contribution < -0.4 is 4.74 Å². The molecular weight excluding hydrogens is 362 g/mol. The molecule has 4 atom stereocenters. The van der Waals surface area contributed by atoms with Crippen LogP contribution in [0.3, 0.4) is 0 Å². The van der Waals surface area contributed by atoms with Gasteiger partial charge in [0.25, 0.3) is 0 Å². The number of methoxy groups -OCH3 is 1. The van der Waals surface area contributed by atoms with Gasteiger partial charge in [-0.1, -0.05) is 12.1 Å². The Kier molecular flexibility index (Phi) is 4.91. The molecule has 2 bridgehead atoms. The highest BCUT2D eigenvalue weighted by molar-refractivity contribution is 6.06. The van der Waals surface area contributed by atoms with Crippen LogP contribution in [0.15, 0.2) is 24.3 Å². The third-order valence-electron chi connectivity index (χ3n) is 6.31. The zero-order valence-electron chi connectivity index (χ0n) is 15.8. The van der Waals surface area contributed by atoms with Crippen molar-refractivity contribution in [3.8, 4) is 5.75 Å². The van der Waals surface area contributed by atoms with Crippen LogP contribution in [0.2, 0.25) is 0 Å². The molecule has 0 spiro atoms. The predicted octanol–water partition coefficient (Wildman–Crippen LogP) is 1.84. The van der Waals surface area contributed by atoms with E-state index < -0.39 is 5.97 Å². The molecule has 4 rings (SSSR count). The van der Waals surface area contributed by atoms with Gasteiger partial charge in [0.15, 0.2) is 12.4 Å². The van der Waals surface area contributed by atoms with E-state index in [2.05, 4.69) is 0 Å². The second kappa shape index (κ2) is 7.37. The van der Waals surface area contributed by atoms with Crippen molar-refractivity contribution in [2.45, 2.75) is 25.7 Å². The molecule has 1 saturated heterocycles. The molecule has 2 aliphatic carbocycles. The van der Waals surface area contributed by atoms with E-state index in [0.29, 0.717) is 23.1 Å². The van der Waals surface area contributed by atoms with Gasteiger partial charge in [-0.25, -0.2) is 0 Å². The summed E-state index contributed by atoms with van der Waals surface area (Å²) in [4.78, 5) is 50.6. The lowest BCUT2D eigenvalue weighted by Gasteiger charge is -2.19. The maximum absolute atomic E-state index is 12.6. The molecule has 1 aromatic carbocycles. The number of likely N-dealkylation sites (tertiary alicyclic amines) is 1. The third-order valence-corrected chi connectivity index (χ3v) is 6.31. The highest BCUT2D eigenvalue weighted by Gasteiger charge is 2.60. The minimum Gasteiger partial charge on any atom is -0.497 e. The lowest BCUT2D eigenvalue weighted by molar-refractivity contribution is -0.145. The summed E-state index contributed by atoms with van der Waals surface area (Å²) in [7, 11) is 1.50. The van der Waals surface area contributed by atoms with Gasteiger partial charge in [0.1, 0.15) is 5.75 Å². The van der Waals surface area contributed by atoms with E-state index in [0.717, 1.165) is 19.3 Å². The summed E-state index contributed by atoms with van der Waals surface area (Å²) in [5.74, 6) is -0.391. The second-order valence-corrected chi connectivity index (χ2v) is 7.78. The Morgan fingerprint density at radius 3 is 2.43 bits per heavy atom. The number of Topliss-reactive ketones (excluding diaryl/α,β-unsaturated/α-hetero) is 1. The first-order valence-electron chi connectivity index (χ1n) is 9.67. The number of hydrogen-bond acceptors (Lipinski definition) is 6. The fourth-order valence-electron chi connectivity index (χ4n) is 4.99. The molecule has 0 aromatic heterocycles. The molecule has 7 nitrogen and oxygen atoms in total. The number of imide groups is 1. The number of rotatable bonds is 7. The average Bonchev–Trinajstić information content (AvgIpc) is 3.39. The lowest BCUT2D eigenvalue weighted by atomic mass is 9.81. The van der Waals surface area contributed by atoms with Gasteiger partial charge >= 0.3 is 5.97 Å². The second-order valence-electron chi connectivity index (χ2n) is 7.78. The minimum atomic E-state index is -0.600. The largest absolute Gasteiger partial charge is 0.497 e.